The highest BCUT2D eigenvalue weighted by molar-refractivity contribution is 5.91. The summed E-state index contributed by atoms with van der Waals surface area (Å²) in [5.41, 5.74) is 9.35. The zero-order valence-corrected chi connectivity index (χ0v) is 42.3. The molecule has 12 heteroatoms. The zero-order valence-electron chi connectivity index (χ0n) is 42.3. The second-order valence-electron chi connectivity index (χ2n) is 17.8. The molecule has 0 aliphatic rings. The SMILES string of the molecule is CCCc1c(COC(=O)CC(=O)OCc2ccc(OCc3cnc4ccc(OC)cc4c3OC(C)C)c(CCC)c2CCC)ccc(OCc2cnc3ccc(OC)cc3c2OC(C)C)c1CCC. The summed E-state index contributed by atoms with van der Waals surface area (Å²) in [5, 5.41) is 1.71. The third-order valence-corrected chi connectivity index (χ3v) is 11.7. The van der Waals surface area contributed by atoms with E-state index in [0.717, 1.165) is 141 Å². The van der Waals surface area contributed by atoms with E-state index in [0.29, 0.717) is 11.5 Å². The van der Waals surface area contributed by atoms with Crippen molar-refractivity contribution >= 4 is 33.7 Å². The highest BCUT2D eigenvalue weighted by atomic mass is 16.6. The number of hydrogen-bond donors (Lipinski definition) is 0. The van der Waals surface area contributed by atoms with Gasteiger partial charge in [0.2, 0.25) is 0 Å². The van der Waals surface area contributed by atoms with E-state index in [-0.39, 0.29) is 38.6 Å². The van der Waals surface area contributed by atoms with Gasteiger partial charge >= 0.3 is 11.9 Å². The molecular formula is C57H70N2O10. The molecule has 0 amide bonds. The minimum atomic E-state index is -0.649. The molecule has 0 saturated heterocycles. The van der Waals surface area contributed by atoms with Crippen LogP contribution in [0, 0.1) is 0 Å². The Kier molecular flexibility index (Phi) is 18.9. The Morgan fingerprint density at radius 3 is 1.25 bits per heavy atom. The van der Waals surface area contributed by atoms with Crippen molar-refractivity contribution in [2.75, 3.05) is 14.2 Å². The number of carbonyl (C=O) groups excluding carboxylic acids is 2. The summed E-state index contributed by atoms with van der Waals surface area (Å²) >= 11 is 0. The van der Waals surface area contributed by atoms with E-state index >= 15 is 0 Å². The van der Waals surface area contributed by atoms with E-state index in [1.165, 1.54) is 0 Å². The number of hydrogen-bond acceptors (Lipinski definition) is 12. The van der Waals surface area contributed by atoms with Gasteiger partial charge in [-0.15, -0.1) is 0 Å². The van der Waals surface area contributed by atoms with E-state index in [2.05, 4.69) is 27.7 Å². The van der Waals surface area contributed by atoms with Gasteiger partial charge in [0.1, 0.15) is 67.3 Å². The third-order valence-electron chi connectivity index (χ3n) is 11.7. The van der Waals surface area contributed by atoms with Crippen molar-refractivity contribution < 1.29 is 47.5 Å². The fourth-order valence-corrected chi connectivity index (χ4v) is 8.59. The molecule has 4 aromatic carbocycles. The normalized spacial score (nSPS) is 11.3. The molecular weight excluding hydrogens is 873 g/mol. The molecule has 12 nitrogen and oxygen atoms in total. The number of pyridine rings is 2. The summed E-state index contributed by atoms with van der Waals surface area (Å²) in [6, 6.07) is 19.3. The van der Waals surface area contributed by atoms with Crippen molar-refractivity contribution in [2.24, 2.45) is 0 Å². The van der Waals surface area contributed by atoms with Gasteiger partial charge in [-0.2, -0.15) is 0 Å². The molecule has 0 N–H and O–H groups in total. The van der Waals surface area contributed by atoms with Gasteiger partial charge in [0.15, 0.2) is 0 Å². The number of carbonyl (C=O) groups is 2. The molecule has 0 saturated carbocycles. The predicted molar refractivity (Wildman–Crippen MR) is 270 cm³/mol. The first-order chi connectivity index (χ1) is 33.4. The Bertz CT molecular complexity index is 2510. The van der Waals surface area contributed by atoms with Crippen LogP contribution in [0.1, 0.15) is 132 Å². The van der Waals surface area contributed by atoms with E-state index in [4.69, 9.17) is 47.9 Å². The van der Waals surface area contributed by atoms with E-state index in [9.17, 15) is 9.59 Å². The first kappa shape index (κ1) is 51.8. The Balaban J connectivity index is 1.12. The van der Waals surface area contributed by atoms with Gasteiger partial charge < -0.3 is 37.9 Å². The molecule has 6 rings (SSSR count). The lowest BCUT2D eigenvalue weighted by Gasteiger charge is -2.21. The minimum absolute atomic E-state index is 0.0261. The smallest absolute Gasteiger partial charge is 0.317 e. The monoisotopic (exact) mass is 943 g/mol. The Hall–Kier alpha value is -6.56. The Morgan fingerprint density at radius 1 is 0.493 bits per heavy atom. The molecule has 2 aromatic heterocycles. The van der Waals surface area contributed by atoms with Gasteiger partial charge in [-0.3, -0.25) is 19.6 Å². The van der Waals surface area contributed by atoms with Crippen LogP contribution in [0.15, 0.2) is 73.1 Å². The van der Waals surface area contributed by atoms with Crippen molar-refractivity contribution in [1.29, 1.82) is 0 Å². The molecule has 368 valence electrons. The molecule has 69 heavy (non-hydrogen) atoms. The van der Waals surface area contributed by atoms with Crippen LogP contribution in [-0.2, 0) is 71.2 Å². The van der Waals surface area contributed by atoms with Crippen molar-refractivity contribution in [3.05, 3.63) is 118 Å². The quantitative estimate of drug-likeness (QED) is 0.0378. The van der Waals surface area contributed by atoms with Gasteiger partial charge in [0.05, 0.1) is 48.6 Å². The average Bonchev–Trinajstić information content (AvgIpc) is 3.33. The largest absolute Gasteiger partial charge is 0.497 e. The number of methoxy groups -OCH3 is 2. The number of ether oxygens (including phenoxy) is 8. The van der Waals surface area contributed by atoms with E-state index < -0.39 is 18.4 Å². The zero-order chi connectivity index (χ0) is 49.5. The Morgan fingerprint density at radius 2 is 0.884 bits per heavy atom. The molecule has 0 radical (unpaired) electrons. The molecule has 0 unspecified atom stereocenters. The van der Waals surface area contributed by atoms with Gasteiger partial charge in [-0.1, -0.05) is 65.5 Å². The summed E-state index contributed by atoms with van der Waals surface area (Å²) in [4.78, 5) is 35.8. The second-order valence-corrected chi connectivity index (χ2v) is 17.8. The second kappa shape index (κ2) is 25.2. The van der Waals surface area contributed by atoms with Crippen LogP contribution >= 0.6 is 0 Å². The number of aromatic nitrogens is 2. The highest BCUT2D eigenvalue weighted by Gasteiger charge is 2.22. The van der Waals surface area contributed by atoms with Crippen molar-refractivity contribution in [2.45, 2.75) is 152 Å². The van der Waals surface area contributed by atoms with Crippen LogP contribution in [0.4, 0.5) is 0 Å². The van der Waals surface area contributed by atoms with Crippen LogP contribution in [0.5, 0.6) is 34.5 Å². The van der Waals surface area contributed by atoms with Crippen LogP contribution in [-0.4, -0.2) is 48.3 Å². The fourth-order valence-electron chi connectivity index (χ4n) is 8.59. The van der Waals surface area contributed by atoms with Crippen molar-refractivity contribution in [1.82, 2.24) is 9.97 Å². The lowest BCUT2D eigenvalue weighted by atomic mass is 9.93. The third kappa shape index (κ3) is 13.4. The average molecular weight is 943 g/mol. The molecule has 0 aliphatic carbocycles. The topological polar surface area (TPSA) is 134 Å². The highest BCUT2D eigenvalue weighted by Crippen LogP contribution is 2.37. The molecule has 2 heterocycles. The van der Waals surface area contributed by atoms with Gasteiger partial charge in [0, 0.05) is 23.2 Å². The van der Waals surface area contributed by atoms with Crippen LogP contribution < -0.4 is 28.4 Å². The molecule has 0 atom stereocenters. The van der Waals surface area contributed by atoms with Crippen LogP contribution in [0.3, 0.4) is 0 Å². The number of fused-ring (bicyclic) bond motifs is 2. The number of nitrogens with zero attached hydrogens (tertiary/aromatic N) is 2. The first-order valence-corrected chi connectivity index (χ1v) is 24.5. The van der Waals surface area contributed by atoms with Gasteiger partial charge in [-0.25, -0.2) is 0 Å². The van der Waals surface area contributed by atoms with Crippen LogP contribution in [0.25, 0.3) is 21.8 Å². The predicted octanol–water partition coefficient (Wildman–Crippen LogP) is 12.5. The van der Waals surface area contributed by atoms with E-state index in [1.54, 1.807) is 26.6 Å². The molecule has 0 fully saturated rings. The minimum Gasteiger partial charge on any atom is -0.497 e. The summed E-state index contributed by atoms with van der Waals surface area (Å²) < 4.78 is 48.3. The maximum absolute atomic E-state index is 13.2. The molecule has 0 spiro atoms. The summed E-state index contributed by atoms with van der Waals surface area (Å²) in [6.07, 6.45) is 9.64. The number of benzene rings is 4. The van der Waals surface area contributed by atoms with Gasteiger partial charge in [0.25, 0.3) is 0 Å². The number of rotatable bonds is 26. The molecule has 6 aromatic rings. The maximum atomic E-state index is 13.2. The lowest BCUT2D eigenvalue weighted by molar-refractivity contribution is -0.156. The summed E-state index contributed by atoms with van der Waals surface area (Å²) in [6.45, 7) is 17.0. The number of esters is 2. The fraction of sp³-hybridized carbons (Fsp3) is 0.439. The summed E-state index contributed by atoms with van der Waals surface area (Å²) in [5.74, 6) is 3.09. The van der Waals surface area contributed by atoms with Crippen LogP contribution in [0.2, 0.25) is 0 Å². The van der Waals surface area contributed by atoms with E-state index in [1.807, 2.05) is 88.4 Å². The van der Waals surface area contributed by atoms with Crippen molar-refractivity contribution in [3.8, 4) is 34.5 Å². The Labute approximate surface area is 407 Å². The first-order valence-electron chi connectivity index (χ1n) is 24.5. The molecule has 0 aliphatic heterocycles. The lowest BCUT2D eigenvalue weighted by Crippen LogP contribution is -2.15. The van der Waals surface area contributed by atoms with Gasteiger partial charge in [-0.05, 0) is 135 Å². The van der Waals surface area contributed by atoms with Crippen molar-refractivity contribution in [3.63, 3.8) is 0 Å². The maximum Gasteiger partial charge on any atom is 0.317 e. The summed E-state index contributed by atoms with van der Waals surface area (Å²) in [7, 11) is 3.28. The molecule has 0 bridgehead atoms. The standard InChI is InChI=1S/C57H70N2O10/c1-11-15-44-38(19-25-52(46(44)17-13-3)64-34-40-30-58-50-23-21-42(62-9)27-48(50)56(40)68-36(5)6)32-66-54(60)29-55(61)67-33-39-20-26-53(47(18-14-4)45(39)16-12-2)65-35-41-31-59-51-24-22-43(63-10)28-49(51)57(41)69-37(7)8/h19-28,30-31,36-37H,11-18,29,32-35H2,1-10H3.